The highest BCUT2D eigenvalue weighted by Gasteiger charge is 2.11. The second kappa shape index (κ2) is 8.19. The summed E-state index contributed by atoms with van der Waals surface area (Å²) in [6.07, 6.45) is 2.49. The SMILES string of the molecule is COCCCNC(=O)Nc1ncc(-c2ccc(OC)cc2)n1C. The summed E-state index contributed by atoms with van der Waals surface area (Å²) in [5, 5.41) is 5.49. The maximum atomic E-state index is 11.8. The van der Waals surface area contributed by atoms with Crippen molar-refractivity contribution in [2.24, 2.45) is 7.05 Å². The molecule has 1 aromatic heterocycles. The van der Waals surface area contributed by atoms with Gasteiger partial charge in [-0.15, -0.1) is 0 Å². The van der Waals surface area contributed by atoms with Crippen LogP contribution in [0.25, 0.3) is 11.3 Å². The number of amides is 2. The molecule has 1 heterocycles. The lowest BCUT2D eigenvalue weighted by Crippen LogP contribution is -2.31. The number of imidazole rings is 1. The highest BCUT2D eigenvalue weighted by Crippen LogP contribution is 2.24. The molecule has 0 radical (unpaired) electrons. The van der Waals surface area contributed by atoms with Gasteiger partial charge in [0.25, 0.3) is 0 Å². The largest absolute Gasteiger partial charge is 0.497 e. The number of anilines is 1. The summed E-state index contributed by atoms with van der Waals surface area (Å²) in [5.41, 5.74) is 1.90. The molecule has 2 rings (SSSR count). The van der Waals surface area contributed by atoms with Crippen molar-refractivity contribution < 1.29 is 14.3 Å². The van der Waals surface area contributed by atoms with E-state index in [2.05, 4.69) is 15.6 Å². The molecule has 7 heteroatoms. The van der Waals surface area contributed by atoms with Crippen LogP contribution in [0.15, 0.2) is 30.5 Å². The van der Waals surface area contributed by atoms with E-state index in [1.165, 1.54) is 0 Å². The zero-order chi connectivity index (χ0) is 16.7. The van der Waals surface area contributed by atoms with Crippen molar-refractivity contribution in [3.05, 3.63) is 30.5 Å². The van der Waals surface area contributed by atoms with Gasteiger partial charge in [-0.05, 0) is 30.7 Å². The predicted molar refractivity (Wildman–Crippen MR) is 88.7 cm³/mol. The third kappa shape index (κ3) is 4.46. The number of ether oxygens (including phenoxy) is 2. The van der Waals surface area contributed by atoms with Gasteiger partial charge in [0, 0.05) is 32.9 Å². The van der Waals surface area contributed by atoms with E-state index in [-0.39, 0.29) is 6.03 Å². The molecule has 1 aromatic carbocycles. The number of carbonyl (C=O) groups excluding carboxylic acids is 1. The van der Waals surface area contributed by atoms with Gasteiger partial charge in [0.2, 0.25) is 5.95 Å². The van der Waals surface area contributed by atoms with E-state index in [1.807, 2.05) is 35.9 Å². The molecular formula is C16H22N4O3. The first-order chi connectivity index (χ1) is 11.2. The van der Waals surface area contributed by atoms with Gasteiger partial charge in [-0.1, -0.05) is 0 Å². The number of hydrogen-bond donors (Lipinski definition) is 2. The number of hydrogen-bond acceptors (Lipinski definition) is 4. The fourth-order valence-electron chi connectivity index (χ4n) is 2.12. The molecule has 0 aliphatic heterocycles. The zero-order valence-corrected chi connectivity index (χ0v) is 13.6. The fourth-order valence-corrected chi connectivity index (χ4v) is 2.12. The molecule has 2 amide bonds. The molecule has 124 valence electrons. The van der Waals surface area contributed by atoms with Gasteiger partial charge >= 0.3 is 6.03 Å². The Morgan fingerprint density at radius 1 is 1.26 bits per heavy atom. The Morgan fingerprint density at radius 3 is 2.65 bits per heavy atom. The number of benzene rings is 1. The fraction of sp³-hybridized carbons (Fsp3) is 0.375. The van der Waals surface area contributed by atoms with Crippen LogP contribution < -0.4 is 15.4 Å². The van der Waals surface area contributed by atoms with Gasteiger partial charge in [-0.25, -0.2) is 9.78 Å². The molecule has 0 bridgehead atoms. The van der Waals surface area contributed by atoms with Gasteiger partial charge in [-0.2, -0.15) is 0 Å². The number of nitrogens with zero attached hydrogens (tertiary/aromatic N) is 2. The Bertz CT molecular complexity index is 637. The van der Waals surface area contributed by atoms with Crippen LogP contribution in [0, 0.1) is 0 Å². The quantitative estimate of drug-likeness (QED) is 0.768. The van der Waals surface area contributed by atoms with Crippen molar-refractivity contribution in [3.8, 4) is 17.0 Å². The van der Waals surface area contributed by atoms with Crippen LogP contribution in [-0.2, 0) is 11.8 Å². The minimum absolute atomic E-state index is 0.281. The first-order valence-corrected chi connectivity index (χ1v) is 7.35. The minimum atomic E-state index is -0.281. The summed E-state index contributed by atoms with van der Waals surface area (Å²) < 4.78 is 11.9. The lowest BCUT2D eigenvalue weighted by molar-refractivity contribution is 0.194. The molecule has 23 heavy (non-hydrogen) atoms. The molecule has 0 saturated heterocycles. The third-order valence-corrected chi connectivity index (χ3v) is 3.41. The number of nitrogens with one attached hydrogen (secondary N) is 2. The third-order valence-electron chi connectivity index (χ3n) is 3.41. The van der Waals surface area contributed by atoms with Gasteiger partial charge < -0.3 is 19.4 Å². The molecular weight excluding hydrogens is 296 g/mol. The Hall–Kier alpha value is -2.54. The van der Waals surface area contributed by atoms with Gasteiger partial charge in [0.1, 0.15) is 5.75 Å². The van der Waals surface area contributed by atoms with E-state index in [9.17, 15) is 4.79 Å². The van der Waals surface area contributed by atoms with Crippen molar-refractivity contribution in [1.82, 2.24) is 14.9 Å². The van der Waals surface area contributed by atoms with Crippen LogP contribution in [0.4, 0.5) is 10.7 Å². The molecule has 2 aromatic rings. The van der Waals surface area contributed by atoms with Gasteiger partial charge in [-0.3, -0.25) is 5.32 Å². The Morgan fingerprint density at radius 2 is 2.00 bits per heavy atom. The summed E-state index contributed by atoms with van der Waals surface area (Å²) >= 11 is 0. The summed E-state index contributed by atoms with van der Waals surface area (Å²) in [7, 11) is 5.12. The maximum absolute atomic E-state index is 11.8. The summed E-state index contributed by atoms with van der Waals surface area (Å²) in [6, 6.07) is 7.39. The Kier molecular flexibility index (Phi) is 5.99. The van der Waals surface area contributed by atoms with Gasteiger partial charge in [0.15, 0.2) is 0 Å². The highest BCUT2D eigenvalue weighted by atomic mass is 16.5. The van der Waals surface area contributed by atoms with Crippen molar-refractivity contribution >= 4 is 12.0 Å². The topological polar surface area (TPSA) is 77.4 Å². The summed E-state index contributed by atoms with van der Waals surface area (Å²) in [4.78, 5) is 16.1. The van der Waals surface area contributed by atoms with Crippen molar-refractivity contribution in [3.63, 3.8) is 0 Å². The average molecular weight is 318 g/mol. The Balaban J connectivity index is 1.99. The van der Waals surface area contributed by atoms with E-state index >= 15 is 0 Å². The normalized spacial score (nSPS) is 10.4. The molecule has 2 N–H and O–H groups in total. The minimum Gasteiger partial charge on any atom is -0.497 e. The molecule has 0 spiro atoms. The van der Waals surface area contributed by atoms with Crippen LogP contribution in [-0.4, -0.2) is 43.0 Å². The lowest BCUT2D eigenvalue weighted by atomic mass is 10.1. The molecule has 0 atom stereocenters. The monoisotopic (exact) mass is 318 g/mol. The smallest absolute Gasteiger partial charge is 0.321 e. The Labute approximate surface area is 135 Å². The van der Waals surface area contributed by atoms with Crippen molar-refractivity contribution in [2.75, 3.05) is 32.7 Å². The van der Waals surface area contributed by atoms with Gasteiger partial charge in [0.05, 0.1) is 19.0 Å². The summed E-state index contributed by atoms with van der Waals surface area (Å²) in [6.45, 7) is 1.17. The number of aromatic nitrogens is 2. The maximum Gasteiger partial charge on any atom is 0.321 e. The standard InChI is InChI=1S/C16H22N4O3/c1-20-14(12-5-7-13(23-3)8-6-12)11-18-15(20)19-16(21)17-9-4-10-22-2/h5-8,11H,4,9-10H2,1-3H3,(H2,17,18,19,21). The first kappa shape index (κ1) is 16.8. The molecule has 0 aliphatic carbocycles. The molecule has 0 aliphatic rings. The van der Waals surface area contributed by atoms with Crippen LogP contribution in [0.1, 0.15) is 6.42 Å². The number of rotatable bonds is 7. The number of methoxy groups -OCH3 is 2. The van der Waals surface area contributed by atoms with E-state index < -0.39 is 0 Å². The highest BCUT2D eigenvalue weighted by molar-refractivity contribution is 5.87. The lowest BCUT2D eigenvalue weighted by Gasteiger charge is -2.09. The summed E-state index contributed by atoms with van der Waals surface area (Å²) in [5.74, 6) is 1.28. The molecule has 0 fully saturated rings. The van der Waals surface area contributed by atoms with Crippen LogP contribution in [0.3, 0.4) is 0 Å². The van der Waals surface area contributed by atoms with Crippen LogP contribution in [0.5, 0.6) is 5.75 Å². The van der Waals surface area contributed by atoms with E-state index in [0.717, 1.165) is 23.4 Å². The van der Waals surface area contributed by atoms with Crippen molar-refractivity contribution in [1.29, 1.82) is 0 Å². The van der Waals surface area contributed by atoms with E-state index in [1.54, 1.807) is 20.4 Å². The van der Waals surface area contributed by atoms with E-state index in [4.69, 9.17) is 9.47 Å². The molecule has 7 nitrogen and oxygen atoms in total. The second-order valence-electron chi connectivity index (χ2n) is 4.98. The molecule has 0 saturated carbocycles. The second-order valence-corrected chi connectivity index (χ2v) is 4.98. The molecule has 0 unspecified atom stereocenters. The van der Waals surface area contributed by atoms with Crippen LogP contribution >= 0.6 is 0 Å². The predicted octanol–water partition coefficient (Wildman–Crippen LogP) is 2.25. The zero-order valence-electron chi connectivity index (χ0n) is 13.6. The van der Waals surface area contributed by atoms with Crippen LogP contribution in [0.2, 0.25) is 0 Å². The first-order valence-electron chi connectivity index (χ1n) is 7.35. The van der Waals surface area contributed by atoms with E-state index in [0.29, 0.717) is 19.1 Å². The number of urea groups is 1. The van der Waals surface area contributed by atoms with Crippen molar-refractivity contribution in [2.45, 2.75) is 6.42 Å². The average Bonchev–Trinajstić information content (AvgIpc) is 2.92. The number of carbonyl (C=O) groups is 1.